The zero-order valence-corrected chi connectivity index (χ0v) is 15.8. The molecule has 142 valence electrons. The summed E-state index contributed by atoms with van der Waals surface area (Å²) in [6, 6.07) is 16.9. The van der Waals surface area contributed by atoms with Gasteiger partial charge in [0.1, 0.15) is 11.3 Å². The molecule has 6 nitrogen and oxygen atoms in total. The number of carbonyl (C=O) groups excluding carboxylic acids is 1. The highest BCUT2D eigenvalue weighted by molar-refractivity contribution is 5.80. The summed E-state index contributed by atoms with van der Waals surface area (Å²) < 4.78 is 7.59. The van der Waals surface area contributed by atoms with Crippen molar-refractivity contribution in [3.8, 4) is 0 Å². The zero-order chi connectivity index (χ0) is 19.7. The Morgan fingerprint density at radius 1 is 1.18 bits per heavy atom. The fourth-order valence-electron chi connectivity index (χ4n) is 3.33. The molecular formula is C22H21N3O3. The molecule has 4 aromatic rings. The number of carbonyl (C=O) groups is 1. The maximum atomic E-state index is 12.7. The Kier molecular flexibility index (Phi) is 4.69. The summed E-state index contributed by atoms with van der Waals surface area (Å²) in [5.74, 6) is 0.738. The second-order valence-electron chi connectivity index (χ2n) is 6.87. The standard InChI is InChI=1S/C22H21N3O3/c1-15(21-13-16-7-3-6-10-20(16)28-21)24(2)22(27)11-12-25-18-9-5-4-8-17(18)19(26)14-23-25/h3-10,13-15H,11-12H2,1-2H3. The van der Waals surface area contributed by atoms with Gasteiger partial charge in [-0.3, -0.25) is 14.3 Å². The highest BCUT2D eigenvalue weighted by atomic mass is 16.3. The average molecular weight is 375 g/mol. The van der Waals surface area contributed by atoms with Crippen LogP contribution in [0.2, 0.25) is 0 Å². The maximum absolute atomic E-state index is 12.7. The van der Waals surface area contributed by atoms with E-state index in [9.17, 15) is 9.59 Å². The first kappa shape index (κ1) is 18.0. The van der Waals surface area contributed by atoms with Crippen LogP contribution in [0.15, 0.2) is 70.0 Å². The zero-order valence-electron chi connectivity index (χ0n) is 15.8. The van der Waals surface area contributed by atoms with E-state index in [0.717, 1.165) is 22.2 Å². The molecule has 28 heavy (non-hydrogen) atoms. The number of rotatable bonds is 5. The highest BCUT2D eigenvalue weighted by Gasteiger charge is 2.20. The van der Waals surface area contributed by atoms with E-state index in [-0.39, 0.29) is 23.8 Å². The lowest BCUT2D eigenvalue weighted by Gasteiger charge is -2.23. The monoisotopic (exact) mass is 375 g/mol. The van der Waals surface area contributed by atoms with Gasteiger partial charge in [0, 0.05) is 24.2 Å². The molecule has 0 aliphatic heterocycles. The highest BCUT2D eigenvalue weighted by Crippen LogP contribution is 2.27. The normalized spacial score (nSPS) is 12.4. The van der Waals surface area contributed by atoms with Crippen LogP contribution < -0.4 is 5.43 Å². The van der Waals surface area contributed by atoms with E-state index in [2.05, 4.69) is 5.10 Å². The van der Waals surface area contributed by atoms with Gasteiger partial charge in [0.15, 0.2) is 0 Å². The van der Waals surface area contributed by atoms with Gasteiger partial charge in [-0.05, 0) is 31.2 Å². The number of aryl methyl sites for hydroxylation is 1. The van der Waals surface area contributed by atoms with Crippen LogP contribution in [0.3, 0.4) is 0 Å². The summed E-state index contributed by atoms with van der Waals surface area (Å²) in [7, 11) is 1.77. The minimum absolute atomic E-state index is 0.0162. The Morgan fingerprint density at radius 3 is 2.75 bits per heavy atom. The minimum atomic E-state index is -0.182. The summed E-state index contributed by atoms with van der Waals surface area (Å²) in [6.07, 6.45) is 1.58. The summed E-state index contributed by atoms with van der Waals surface area (Å²) in [6.45, 7) is 2.35. The van der Waals surface area contributed by atoms with Crippen LogP contribution in [0.5, 0.6) is 0 Å². The molecule has 1 unspecified atom stereocenters. The largest absolute Gasteiger partial charge is 0.459 e. The fourth-order valence-corrected chi connectivity index (χ4v) is 3.33. The van der Waals surface area contributed by atoms with Gasteiger partial charge < -0.3 is 9.32 Å². The van der Waals surface area contributed by atoms with Crippen LogP contribution in [0, 0.1) is 0 Å². The molecule has 1 amide bonds. The fraction of sp³-hybridized carbons (Fsp3) is 0.227. The van der Waals surface area contributed by atoms with E-state index in [0.29, 0.717) is 11.9 Å². The number of hydrogen-bond acceptors (Lipinski definition) is 4. The van der Waals surface area contributed by atoms with Gasteiger partial charge in [0.2, 0.25) is 11.3 Å². The molecule has 0 fully saturated rings. The second-order valence-corrected chi connectivity index (χ2v) is 6.87. The molecule has 0 spiro atoms. The van der Waals surface area contributed by atoms with E-state index in [4.69, 9.17) is 4.42 Å². The van der Waals surface area contributed by atoms with Crippen molar-refractivity contribution in [1.82, 2.24) is 14.7 Å². The first-order valence-electron chi connectivity index (χ1n) is 9.23. The van der Waals surface area contributed by atoms with E-state index < -0.39 is 0 Å². The number of hydrogen-bond donors (Lipinski definition) is 0. The van der Waals surface area contributed by atoms with Gasteiger partial charge in [0.25, 0.3) is 0 Å². The smallest absolute Gasteiger partial charge is 0.224 e. The third-order valence-corrected chi connectivity index (χ3v) is 5.13. The van der Waals surface area contributed by atoms with Crippen molar-refractivity contribution < 1.29 is 9.21 Å². The molecule has 0 N–H and O–H groups in total. The quantitative estimate of drug-likeness (QED) is 0.533. The van der Waals surface area contributed by atoms with Crippen LogP contribution in [-0.4, -0.2) is 27.6 Å². The SMILES string of the molecule is CC(c1cc2ccccc2o1)N(C)C(=O)CCn1ncc(=O)c2ccccc21. The summed E-state index contributed by atoms with van der Waals surface area (Å²) in [4.78, 5) is 26.3. The molecule has 0 aliphatic rings. The van der Waals surface area contributed by atoms with Crippen molar-refractivity contribution in [1.29, 1.82) is 0 Å². The number of para-hydroxylation sites is 2. The van der Waals surface area contributed by atoms with Crippen molar-refractivity contribution in [2.24, 2.45) is 0 Å². The topological polar surface area (TPSA) is 68.3 Å². The molecule has 0 aliphatic carbocycles. The second kappa shape index (κ2) is 7.31. The third-order valence-electron chi connectivity index (χ3n) is 5.13. The number of furan rings is 1. The third kappa shape index (κ3) is 3.29. The van der Waals surface area contributed by atoms with E-state index in [1.54, 1.807) is 22.7 Å². The van der Waals surface area contributed by atoms with Crippen molar-refractivity contribution in [2.75, 3.05) is 7.05 Å². The minimum Gasteiger partial charge on any atom is -0.459 e. The van der Waals surface area contributed by atoms with E-state index in [1.807, 2.05) is 55.5 Å². The van der Waals surface area contributed by atoms with Gasteiger partial charge in [-0.15, -0.1) is 0 Å². The predicted octanol–water partition coefficient (Wildman–Crippen LogP) is 3.75. The van der Waals surface area contributed by atoms with E-state index >= 15 is 0 Å². The van der Waals surface area contributed by atoms with Crippen LogP contribution in [0.25, 0.3) is 21.9 Å². The maximum Gasteiger partial charge on any atom is 0.224 e. The summed E-state index contributed by atoms with van der Waals surface area (Å²) in [5, 5.41) is 5.81. The molecule has 2 aromatic carbocycles. The van der Waals surface area contributed by atoms with Crippen molar-refractivity contribution in [3.05, 3.63) is 76.8 Å². The molecule has 0 bridgehead atoms. The number of fused-ring (bicyclic) bond motifs is 2. The summed E-state index contributed by atoms with van der Waals surface area (Å²) in [5.41, 5.74) is 1.43. The number of aromatic nitrogens is 2. The molecule has 4 rings (SSSR count). The van der Waals surface area contributed by atoms with Crippen LogP contribution in [0.1, 0.15) is 25.1 Å². The lowest BCUT2D eigenvalue weighted by Crippen LogP contribution is -2.30. The van der Waals surface area contributed by atoms with Gasteiger partial charge in [-0.2, -0.15) is 5.10 Å². The molecule has 1 atom stereocenters. The molecule has 0 saturated heterocycles. The first-order chi connectivity index (χ1) is 13.5. The molecular weight excluding hydrogens is 354 g/mol. The van der Waals surface area contributed by atoms with E-state index in [1.165, 1.54) is 6.20 Å². The lowest BCUT2D eigenvalue weighted by molar-refractivity contribution is -0.132. The van der Waals surface area contributed by atoms with Crippen LogP contribution >= 0.6 is 0 Å². The Labute approximate surface area is 162 Å². The van der Waals surface area contributed by atoms with Crippen molar-refractivity contribution in [2.45, 2.75) is 25.9 Å². The van der Waals surface area contributed by atoms with Crippen molar-refractivity contribution >= 4 is 27.8 Å². The molecule has 6 heteroatoms. The molecule has 0 radical (unpaired) electrons. The number of benzene rings is 2. The molecule has 2 aromatic heterocycles. The first-order valence-corrected chi connectivity index (χ1v) is 9.23. The van der Waals surface area contributed by atoms with Gasteiger partial charge >= 0.3 is 0 Å². The Hall–Kier alpha value is -3.41. The van der Waals surface area contributed by atoms with Crippen LogP contribution in [0.4, 0.5) is 0 Å². The van der Waals surface area contributed by atoms with Gasteiger partial charge in [-0.25, -0.2) is 0 Å². The van der Waals surface area contributed by atoms with Crippen molar-refractivity contribution in [3.63, 3.8) is 0 Å². The lowest BCUT2D eigenvalue weighted by atomic mass is 10.2. The number of amides is 1. The van der Waals surface area contributed by atoms with Gasteiger partial charge in [0.05, 0.1) is 24.3 Å². The van der Waals surface area contributed by atoms with Crippen LogP contribution in [-0.2, 0) is 11.3 Å². The predicted molar refractivity (Wildman–Crippen MR) is 108 cm³/mol. The Balaban J connectivity index is 1.49. The number of nitrogens with zero attached hydrogens (tertiary/aromatic N) is 3. The average Bonchev–Trinajstić information content (AvgIpc) is 3.16. The Morgan fingerprint density at radius 2 is 1.93 bits per heavy atom. The molecule has 0 saturated carbocycles. The summed E-state index contributed by atoms with van der Waals surface area (Å²) >= 11 is 0. The van der Waals surface area contributed by atoms with Gasteiger partial charge in [-0.1, -0.05) is 30.3 Å². The molecule has 2 heterocycles. The Bertz CT molecular complexity index is 1180.